The number of alkyl halides is 3. The predicted octanol–water partition coefficient (Wildman–Crippen LogP) is 4.16. The summed E-state index contributed by atoms with van der Waals surface area (Å²) in [5.41, 5.74) is 0.283. The van der Waals surface area contributed by atoms with Gasteiger partial charge < -0.3 is 9.67 Å². The van der Waals surface area contributed by atoms with Crippen molar-refractivity contribution >= 4 is 28.7 Å². The largest absolute Gasteiger partial charge is 0.477 e. The number of carboxylic acids is 1. The lowest BCUT2D eigenvalue weighted by atomic mass is 10.1. The van der Waals surface area contributed by atoms with E-state index in [4.69, 9.17) is 16.7 Å². The van der Waals surface area contributed by atoms with Crippen molar-refractivity contribution in [3.63, 3.8) is 0 Å². The molecule has 0 spiro atoms. The van der Waals surface area contributed by atoms with Gasteiger partial charge in [-0.15, -0.1) is 0 Å². The van der Waals surface area contributed by atoms with Gasteiger partial charge in [0.2, 0.25) is 0 Å². The lowest BCUT2D eigenvalue weighted by molar-refractivity contribution is -0.137. The average molecular weight is 370 g/mol. The van der Waals surface area contributed by atoms with Crippen LogP contribution < -0.4 is 0 Å². The Morgan fingerprint density at radius 3 is 2.56 bits per heavy atom. The molecule has 0 atom stereocenters. The highest BCUT2D eigenvalue weighted by molar-refractivity contribution is 6.31. The molecule has 2 aromatic heterocycles. The summed E-state index contributed by atoms with van der Waals surface area (Å²) in [4.78, 5) is 19.4. The zero-order valence-electron chi connectivity index (χ0n) is 12.8. The normalized spacial score (nSPS) is 11.9. The van der Waals surface area contributed by atoms with E-state index >= 15 is 0 Å². The molecule has 0 radical (unpaired) electrons. The van der Waals surface area contributed by atoms with E-state index in [0.29, 0.717) is 22.6 Å². The standard InChI is InChI=1S/C16H11ClF3N3O2/c1-8-21-12-4-5-13(15(24)25)22-14(12)23(8)7-9-2-3-10(6-11(9)17)16(18,19)20/h2-6H,7H2,1H3,(H,24,25). The fraction of sp³-hybridized carbons (Fsp3) is 0.188. The summed E-state index contributed by atoms with van der Waals surface area (Å²) >= 11 is 5.99. The number of benzene rings is 1. The van der Waals surface area contributed by atoms with Crippen LogP contribution in [0.15, 0.2) is 30.3 Å². The van der Waals surface area contributed by atoms with Gasteiger partial charge in [0.1, 0.15) is 11.3 Å². The Morgan fingerprint density at radius 1 is 1.24 bits per heavy atom. The first-order valence-electron chi connectivity index (χ1n) is 7.09. The molecule has 1 N–H and O–H groups in total. The van der Waals surface area contributed by atoms with Gasteiger partial charge in [0.25, 0.3) is 0 Å². The second kappa shape index (κ2) is 6.03. The summed E-state index contributed by atoms with van der Waals surface area (Å²) in [6.45, 7) is 1.81. The number of pyridine rings is 1. The van der Waals surface area contributed by atoms with Crippen LogP contribution in [0.3, 0.4) is 0 Å². The first-order chi connectivity index (χ1) is 11.7. The van der Waals surface area contributed by atoms with E-state index in [2.05, 4.69) is 9.97 Å². The predicted molar refractivity (Wildman–Crippen MR) is 84.8 cm³/mol. The zero-order chi connectivity index (χ0) is 18.4. The lowest BCUT2D eigenvalue weighted by Crippen LogP contribution is -2.08. The van der Waals surface area contributed by atoms with E-state index in [-0.39, 0.29) is 17.3 Å². The third-order valence-corrected chi connectivity index (χ3v) is 4.06. The number of carboxylic acid groups (broad SMARTS) is 1. The Balaban J connectivity index is 2.04. The van der Waals surface area contributed by atoms with Crippen molar-refractivity contribution in [3.8, 4) is 0 Å². The number of nitrogens with zero attached hydrogens (tertiary/aromatic N) is 3. The molecule has 25 heavy (non-hydrogen) atoms. The van der Waals surface area contributed by atoms with Crippen molar-refractivity contribution < 1.29 is 23.1 Å². The molecule has 5 nitrogen and oxygen atoms in total. The molecule has 1 aromatic carbocycles. The van der Waals surface area contributed by atoms with Gasteiger partial charge in [-0.25, -0.2) is 14.8 Å². The molecule has 130 valence electrons. The van der Waals surface area contributed by atoms with Gasteiger partial charge in [-0.3, -0.25) is 0 Å². The molecule has 9 heteroatoms. The molecule has 0 amide bonds. The molecule has 0 unspecified atom stereocenters. The molecule has 0 saturated heterocycles. The average Bonchev–Trinajstić information content (AvgIpc) is 2.83. The van der Waals surface area contributed by atoms with Gasteiger partial charge in [0.05, 0.1) is 12.1 Å². The number of aromatic nitrogens is 3. The van der Waals surface area contributed by atoms with Gasteiger partial charge in [-0.1, -0.05) is 17.7 Å². The minimum absolute atomic E-state index is 0.0366. The maximum atomic E-state index is 12.7. The summed E-state index contributed by atoms with van der Waals surface area (Å²) in [7, 11) is 0. The molecular formula is C16H11ClF3N3O2. The van der Waals surface area contributed by atoms with Gasteiger partial charge in [0, 0.05) is 5.02 Å². The number of aromatic carboxylic acids is 1. The van der Waals surface area contributed by atoms with Crippen LogP contribution in [-0.2, 0) is 12.7 Å². The van der Waals surface area contributed by atoms with E-state index in [0.717, 1.165) is 12.1 Å². The fourth-order valence-electron chi connectivity index (χ4n) is 2.45. The summed E-state index contributed by atoms with van der Waals surface area (Å²) in [5, 5.41) is 9.03. The molecule has 3 aromatic rings. The Morgan fingerprint density at radius 2 is 1.96 bits per heavy atom. The minimum Gasteiger partial charge on any atom is -0.477 e. The Kier molecular flexibility index (Phi) is 4.16. The van der Waals surface area contributed by atoms with E-state index in [9.17, 15) is 18.0 Å². The summed E-state index contributed by atoms with van der Waals surface area (Å²) < 4.78 is 39.8. The van der Waals surface area contributed by atoms with E-state index in [1.165, 1.54) is 18.2 Å². The van der Waals surface area contributed by atoms with Crippen LogP contribution in [-0.4, -0.2) is 25.6 Å². The van der Waals surface area contributed by atoms with E-state index in [1.807, 2.05) is 0 Å². The number of halogens is 4. The third-order valence-electron chi connectivity index (χ3n) is 3.71. The number of aryl methyl sites for hydroxylation is 1. The highest BCUT2D eigenvalue weighted by Crippen LogP contribution is 2.32. The van der Waals surface area contributed by atoms with Gasteiger partial charge in [0.15, 0.2) is 11.3 Å². The van der Waals surface area contributed by atoms with E-state index in [1.54, 1.807) is 11.5 Å². The maximum absolute atomic E-state index is 12.7. The van der Waals surface area contributed by atoms with Crippen molar-refractivity contribution in [2.75, 3.05) is 0 Å². The molecule has 0 aliphatic carbocycles. The van der Waals surface area contributed by atoms with Crippen molar-refractivity contribution in [2.45, 2.75) is 19.6 Å². The number of fused-ring (bicyclic) bond motifs is 1. The van der Waals surface area contributed by atoms with Crippen molar-refractivity contribution in [1.29, 1.82) is 0 Å². The highest BCUT2D eigenvalue weighted by Gasteiger charge is 2.31. The number of hydrogen-bond acceptors (Lipinski definition) is 3. The molecule has 0 bridgehead atoms. The topological polar surface area (TPSA) is 68.0 Å². The van der Waals surface area contributed by atoms with Crippen LogP contribution in [0.5, 0.6) is 0 Å². The smallest absolute Gasteiger partial charge is 0.416 e. The van der Waals surface area contributed by atoms with Crippen LogP contribution in [0, 0.1) is 6.92 Å². The van der Waals surface area contributed by atoms with Crippen LogP contribution >= 0.6 is 11.6 Å². The monoisotopic (exact) mass is 369 g/mol. The second-order valence-electron chi connectivity index (χ2n) is 5.39. The highest BCUT2D eigenvalue weighted by atomic mass is 35.5. The summed E-state index contributed by atoms with van der Waals surface area (Å²) in [5.74, 6) is -0.638. The molecule has 0 aliphatic rings. The van der Waals surface area contributed by atoms with E-state index < -0.39 is 17.7 Å². The second-order valence-corrected chi connectivity index (χ2v) is 5.80. The number of carbonyl (C=O) groups is 1. The number of rotatable bonds is 3. The van der Waals surface area contributed by atoms with Crippen molar-refractivity contribution in [2.24, 2.45) is 0 Å². The summed E-state index contributed by atoms with van der Waals surface area (Å²) in [6, 6.07) is 5.97. The van der Waals surface area contributed by atoms with Crippen LogP contribution in [0.25, 0.3) is 11.2 Å². The summed E-state index contributed by atoms with van der Waals surface area (Å²) in [6.07, 6.45) is -4.47. The zero-order valence-corrected chi connectivity index (χ0v) is 13.6. The van der Waals surface area contributed by atoms with Crippen LogP contribution in [0.4, 0.5) is 13.2 Å². The SMILES string of the molecule is Cc1nc2ccc(C(=O)O)nc2n1Cc1ccc(C(F)(F)F)cc1Cl. The lowest BCUT2D eigenvalue weighted by Gasteiger charge is -2.11. The molecule has 2 heterocycles. The van der Waals surface area contributed by atoms with Gasteiger partial charge >= 0.3 is 12.1 Å². The minimum atomic E-state index is -4.47. The van der Waals surface area contributed by atoms with Crippen LogP contribution in [0.1, 0.15) is 27.4 Å². The third kappa shape index (κ3) is 3.30. The Hall–Kier alpha value is -2.61. The van der Waals surface area contributed by atoms with Crippen LogP contribution in [0.2, 0.25) is 5.02 Å². The quantitative estimate of drug-likeness (QED) is 0.752. The molecule has 0 saturated carbocycles. The fourth-order valence-corrected chi connectivity index (χ4v) is 2.69. The van der Waals surface area contributed by atoms with Gasteiger partial charge in [-0.05, 0) is 36.8 Å². The maximum Gasteiger partial charge on any atom is 0.416 e. The molecule has 3 rings (SSSR count). The molecular weight excluding hydrogens is 359 g/mol. The van der Waals surface area contributed by atoms with Crippen molar-refractivity contribution in [3.05, 3.63) is 58.0 Å². The van der Waals surface area contributed by atoms with Crippen molar-refractivity contribution in [1.82, 2.24) is 14.5 Å². The Bertz CT molecular complexity index is 983. The Labute approximate surface area is 144 Å². The number of imidazole rings is 1. The molecule has 0 fully saturated rings. The molecule has 0 aliphatic heterocycles. The first kappa shape index (κ1) is 17.2. The first-order valence-corrected chi connectivity index (χ1v) is 7.47. The van der Waals surface area contributed by atoms with Gasteiger partial charge in [-0.2, -0.15) is 13.2 Å². The number of hydrogen-bond donors (Lipinski definition) is 1.